The van der Waals surface area contributed by atoms with E-state index < -0.39 is 0 Å². The van der Waals surface area contributed by atoms with Gasteiger partial charge in [-0.15, -0.1) is 10.2 Å². The lowest BCUT2D eigenvalue weighted by Gasteiger charge is -2.34. The molecule has 1 aromatic carbocycles. The first kappa shape index (κ1) is 18.4. The summed E-state index contributed by atoms with van der Waals surface area (Å²) in [5.41, 5.74) is 0.764. The molecule has 0 atom stereocenters. The third-order valence-corrected chi connectivity index (χ3v) is 5.34. The second-order valence-corrected chi connectivity index (χ2v) is 6.99. The summed E-state index contributed by atoms with van der Waals surface area (Å²) in [6, 6.07) is 6.04. The molecule has 0 bridgehead atoms. The van der Waals surface area contributed by atoms with Crippen LogP contribution in [-0.2, 0) is 16.6 Å². The van der Waals surface area contributed by atoms with Gasteiger partial charge in [-0.1, -0.05) is 11.8 Å². The number of hydrogen-bond acceptors (Lipinski definition) is 5. The number of carbonyl (C=O) groups is 2. The predicted octanol–water partition coefficient (Wildman–Crippen LogP) is 1.40. The first-order chi connectivity index (χ1) is 12.5. The largest absolute Gasteiger partial charge is 0.339 e. The summed E-state index contributed by atoms with van der Waals surface area (Å²) >= 11 is 1.32. The van der Waals surface area contributed by atoms with E-state index in [1.807, 2.05) is 7.05 Å². The normalized spacial score (nSPS) is 14.6. The molecule has 0 spiro atoms. The smallest absolute Gasteiger partial charge is 0.233 e. The molecule has 0 saturated carbocycles. The van der Waals surface area contributed by atoms with Crippen LogP contribution in [0, 0.1) is 5.82 Å². The summed E-state index contributed by atoms with van der Waals surface area (Å²) in [6.45, 7) is 3.80. The number of thioether (sulfide) groups is 1. The molecule has 1 aliphatic heterocycles. The standard InChI is InChI=1S/C17H20FN5O2S/c1-12(24)22-7-9-23(10-8-22)15(25)11-26-17-20-19-16(21(17)2)13-3-5-14(18)6-4-13/h3-6H,7-11H2,1-2H3. The fourth-order valence-corrected chi connectivity index (χ4v) is 3.59. The zero-order valence-electron chi connectivity index (χ0n) is 14.7. The van der Waals surface area contributed by atoms with E-state index in [0.717, 1.165) is 5.56 Å². The van der Waals surface area contributed by atoms with Gasteiger partial charge in [0.25, 0.3) is 0 Å². The van der Waals surface area contributed by atoms with Crippen molar-refractivity contribution in [2.24, 2.45) is 7.05 Å². The topological polar surface area (TPSA) is 71.3 Å². The van der Waals surface area contributed by atoms with Crippen LogP contribution >= 0.6 is 11.8 Å². The van der Waals surface area contributed by atoms with Crippen LogP contribution in [0.5, 0.6) is 0 Å². The van der Waals surface area contributed by atoms with Gasteiger partial charge < -0.3 is 14.4 Å². The Balaban J connectivity index is 1.58. The number of halogens is 1. The van der Waals surface area contributed by atoms with Gasteiger partial charge in [0.15, 0.2) is 11.0 Å². The Morgan fingerprint density at radius 2 is 1.69 bits per heavy atom. The fourth-order valence-electron chi connectivity index (χ4n) is 2.78. The molecule has 9 heteroatoms. The van der Waals surface area contributed by atoms with E-state index in [9.17, 15) is 14.0 Å². The Hall–Kier alpha value is -2.42. The van der Waals surface area contributed by atoms with Crippen LogP contribution in [0.3, 0.4) is 0 Å². The van der Waals surface area contributed by atoms with Crippen molar-refractivity contribution in [2.75, 3.05) is 31.9 Å². The minimum absolute atomic E-state index is 0.0181. The van der Waals surface area contributed by atoms with E-state index in [0.29, 0.717) is 37.2 Å². The maximum absolute atomic E-state index is 13.1. The molecule has 138 valence electrons. The quantitative estimate of drug-likeness (QED) is 0.754. The van der Waals surface area contributed by atoms with Crippen LogP contribution in [0.1, 0.15) is 6.92 Å². The van der Waals surface area contributed by atoms with E-state index in [1.165, 1.54) is 23.9 Å². The lowest BCUT2D eigenvalue weighted by atomic mass is 10.2. The molecule has 1 fully saturated rings. The molecule has 1 aliphatic rings. The number of benzene rings is 1. The molecule has 3 rings (SSSR count). The predicted molar refractivity (Wildman–Crippen MR) is 96.0 cm³/mol. The third kappa shape index (κ3) is 4.04. The second kappa shape index (κ2) is 7.86. The van der Waals surface area contributed by atoms with Crippen LogP contribution in [0.2, 0.25) is 0 Å². The Kier molecular flexibility index (Phi) is 5.55. The van der Waals surface area contributed by atoms with Crippen molar-refractivity contribution in [3.05, 3.63) is 30.1 Å². The van der Waals surface area contributed by atoms with Crippen molar-refractivity contribution in [3.8, 4) is 11.4 Å². The summed E-state index contributed by atoms with van der Waals surface area (Å²) in [5, 5.41) is 8.89. The van der Waals surface area contributed by atoms with Gasteiger partial charge in [0.1, 0.15) is 5.82 Å². The SMILES string of the molecule is CC(=O)N1CCN(C(=O)CSc2nnc(-c3ccc(F)cc3)n2C)CC1. The number of piperazine rings is 1. The molecule has 1 aromatic heterocycles. The summed E-state index contributed by atoms with van der Waals surface area (Å²) in [5.74, 6) is 0.634. The van der Waals surface area contributed by atoms with Gasteiger partial charge in [0, 0.05) is 45.7 Å². The molecule has 0 aliphatic carbocycles. The Morgan fingerprint density at radius 3 is 2.31 bits per heavy atom. The Bertz CT molecular complexity index is 800. The summed E-state index contributed by atoms with van der Waals surface area (Å²) in [6.07, 6.45) is 0. The zero-order valence-corrected chi connectivity index (χ0v) is 15.5. The minimum atomic E-state index is -0.305. The van der Waals surface area contributed by atoms with Crippen LogP contribution < -0.4 is 0 Å². The average Bonchev–Trinajstić information content (AvgIpc) is 3.01. The van der Waals surface area contributed by atoms with E-state index >= 15 is 0 Å². The van der Waals surface area contributed by atoms with E-state index in [4.69, 9.17) is 0 Å². The van der Waals surface area contributed by atoms with Gasteiger partial charge in [-0.2, -0.15) is 0 Å². The van der Waals surface area contributed by atoms with Crippen molar-refractivity contribution >= 4 is 23.6 Å². The minimum Gasteiger partial charge on any atom is -0.339 e. The van der Waals surface area contributed by atoms with Gasteiger partial charge in [-0.05, 0) is 24.3 Å². The molecular formula is C17H20FN5O2S. The molecule has 0 radical (unpaired) electrons. The number of aromatic nitrogens is 3. The van der Waals surface area contributed by atoms with E-state index in [2.05, 4.69) is 10.2 Å². The van der Waals surface area contributed by atoms with E-state index in [-0.39, 0.29) is 23.4 Å². The van der Waals surface area contributed by atoms with Crippen molar-refractivity contribution in [2.45, 2.75) is 12.1 Å². The Morgan fingerprint density at radius 1 is 1.08 bits per heavy atom. The summed E-state index contributed by atoms with van der Waals surface area (Å²) in [7, 11) is 1.82. The average molecular weight is 377 g/mol. The molecule has 0 N–H and O–H groups in total. The highest BCUT2D eigenvalue weighted by Crippen LogP contribution is 2.23. The highest BCUT2D eigenvalue weighted by atomic mass is 32.2. The van der Waals surface area contributed by atoms with Crippen LogP contribution in [0.25, 0.3) is 11.4 Å². The molecular weight excluding hydrogens is 357 g/mol. The van der Waals surface area contributed by atoms with Crippen LogP contribution in [0.4, 0.5) is 4.39 Å². The van der Waals surface area contributed by atoms with Crippen LogP contribution in [-0.4, -0.2) is 68.3 Å². The molecule has 26 heavy (non-hydrogen) atoms. The maximum atomic E-state index is 13.1. The summed E-state index contributed by atoms with van der Waals surface area (Å²) in [4.78, 5) is 27.2. The van der Waals surface area contributed by atoms with Gasteiger partial charge in [0.05, 0.1) is 5.75 Å². The fraction of sp³-hybridized carbons (Fsp3) is 0.412. The number of amides is 2. The molecule has 7 nitrogen and oxygen atoms in total. The monoisotopic (exact) mass is 377 g/mol. The van der Waals surface area contributed by atoms with Gasteiger partial charge in [0.2, 0.25) is 11.8 Å². The lowest BCUT2D eigenvalue weighted by Crippen LogP contribution is -2.50. The molecule has 0 unspecified atom stereocenters. The van der Waals surface area contributed by atoms with Crippen LogP contribution in [0.15, 0.2) is 29.4 Å². The maximum Gasteiger partial charge on any atom is 0.233 e. The molecule has 2 aromatic rings. The zero-order chi connectivity index (χ0) is 18.7. The number of hydrogen-bond donors (Lipinski definition) is 0. The van der Waals surface area contributed by atoms with Crippen molar-refractivity contribution < 1.29 is 14.0 Å². The molecule has 2 amide bonds. The van der Waals surface area contributed by atoms with Crippen molar-refractivity contribution in [1.29, 1.82) is 0 Å². The van der Waals surface area contributed by atoms with Crippen molar-refractivity contribution in [1.82, 2.24) is 24.6 Å². The second-order valence-electron chi connectivity index (χ2n) is 6.05. The first-order valence-corrected chi connectivity index (χ1v) is 9.25. The molecule has 2 heterocycles. The number of nitrogens with zero attached hydrogens (tertiary/aromatic N) is 5. The first-order valence-electron chi connectivity index (χ1n) is 8.27. The number of carbonyl (C=O) groups excluding carboxylic acids is 2. The van der Waals surface area contributed by atoms with Crippen molar-refractivity contribution in [3.63, 3.8) is 0 Å². The third-order valence-electron chi connectivity index (χ3n) is 4.34. The summed E-state index contributed by atoms with van der Waals surface area (Å²) < 4.78 is 14.8. The van der Waals surface area contributed by atoms with Gasteiger partial charge in [-0.3, -0.25) is 9.59 Å². The highest BCUT2D eigenvalue weighted by molar-refractivity contribution is 7.99. The van der Waals surface area contributed by atoms with Gasteiger partial charge >= 0.3 is 0 Å². The lowest BCUT2D eigenvalue weighted by molar-refractivity contribution is -0.136. The van der Waals surface area contributed by atoms with E-state index in [1.54, 1.807) is 33.4 Å². The Labute approximate surface area is 155 Å². The number of rotatable bonds is 4. The van der Waals surface area contributed by atoms with Gasteiger partial charge in [-0.25, -0.2) is 4.39 Å². The highest BCUT2D eigenvalue weighted by Gasteiger charge is 2.23. The molecule has 1 saturated heterocycles.